The maximum Gasteiger partial charge on any atom is 0.350 e. The topological polar surface area (TPSA) is 115 Å². The zero-order valence-electron chi connectivity index (χ0n) is 23.2. The Bertz CT molecular complexity index is 1480. The van der Waals surface area contributed by atoms with E-state index in [9.17, 15) is 19.5 Å². The first-order valence-electron chi connectivity index (χ1n) is 13.3. The number of Topliss-reactive ketones (excluding diaryl/α,β-unsaturated/α-hetero) is 1. The summed E-state index contributed by atoms with van der Waals surface area (Å²) in [4.78, 5) is 45.5. The summed E-state index contributed by atoms with van der Waals surface area (Å²) in [5, 5.41) is 11.6. The number of amides is 1. The minimum atomic E-state index is -1.02. The standard InChI is InChI=1S/C31H32N2O7S/c1-5-8-17-39-22-14-12-20(13-15-22)25-24(26(34)21-10-9-11-23(18-21)38-7-3)27(35)29(36)33(25)31-32-19(4)28(41-31)30(37)40-16-6-2/h6,9-15,18,25,34H,2,5,7-8,16-17H2,1,3-4H3/b26-24+. The lowest BCUT2D eigenvalue weighted by molar-refractivity contribution is -0.132. The van der Waals surface area contributed by atoms with E-state index in [1.807, 2.05) is 6.92 Å². The molecule has 1 atom stereocenters. The van der Waals surface area contributed by atoms with Crippen molar-refractivity contribution in [3.05, 3.63) is 88.5 Å². The Morgan fingerprint density at radius 1 is 1.12 bits per heavy atom. The zero-order valence-corrected chi connectivity index (χ0v) is 24.0. The molecular formula is C31H32N2O7S. The molecule has 0 saturated carbocycles. The van der Waals surface area contributed by atoms with Gasteiger partial charge >= 0.3 is 11.9 Å². The Morgan fingerprint density at radius 3 is 2.56 bits per heavy atom. The van der Waals surface area contributed by atoms with Gasteiger partial charge in [-0.1, -0.05) is 61.6 Å². The van der Waals surface area contributed by atoms with E-state index in [0.717, 1.165) is 24.2 Å². The minimum absolute atomic E-state index is 0.0174. The maximum atomic E-state index is 13.5. The number of aromatic nitrogens is 1. The lowest BCUT2D eigenvalue weighted by atomic mass is 9.95. The summed E-state index contributed by atoms with van der Waals surface area (Å²) in [6.45, 7) is 10.1. The molecule has 4 rings (SSSR count). The zero-order chi connectivity index (χ0) is 29.5. The molecule has 1 saturated heterocycles. The largest absolute Gasteiger partial charge is 0.507 e. The van der Waals surface area contributed by atoms with Crippen LogP contribution in [-0.4, -0.2) is 47.6 Å². The predicted molar refractivity (Wildman–Crippen MR) is 157 cm³/mol. The van der Waals surface area contributed by atoms with E-state index in [0.29, 0.717) is 41.5 Å². The fraction of sp³-hybridized carbons (Fsp3) is 0.290. The summed E-state index contributed by atoms with van der Waals surface area (Å²) >= 11 is 0.939. The molecule has 1 unspecified atom stereocenters. The third kappa shape index (κ3) is 6.33. The highest BCUT2D eigenvalue weighted by molar-refractivity contribution is 7.17. The molecule has 3 aromatic rings. The van der Waals surface area contributed by atoms with Crippen LogP contribution in [0.5, 0.6) is 11.5 Å². The monoisotopic (exact) mass is 576 g/mol. The molecule has 9 nitrogen and oxygen atoms in total. The third-order valence-corrected chi connectivity index (χ3v) is 7.47. The number of nitrogens with zero attached hydrogens (tertiary/aromatic N) is 2. The van der Waals surface area contributed by atoms with E-state index in [1.165, 1.54) is 11.0 Å². The summed E-state index contributed by atoms with van der Waals surface area (Å²) in [6, 6.07) is 12.7. The SMILES string of the molecule is C=CCOC(=O)c1sc(N2C(=O)C(=O)/C(=C(/O)c3cccc(OCC)c3)C2c2ccc(OCCCC)cc2)nc1C. The van der Waals surface area contributed by atoms with E-state index in [-0.39, 0.29) is 27.9 Å². The number of hydrogen-bond acceptors (Lipinski definition) is 9. The number of hydrogen-bond donors (Lipinski definition) is 1. The Kier molecular flexibility index (Phi) is 9.57. The van der Waals surface area contributed by atoms with E-state index in [1.54, 1.807) is 55.5 Å². The molecule has 1 N–H and O–H groups in total. The first-order valence-corrected chi connectivity index (χ1v) is 14.1. The van der Waals surface area contributed by atoms with Crippen LogP contribution in [0.25, 0.3) is 5.76 Å². The number of ketones is 1. The molecular weight excluding hydrogens is 544 g/mol. The lowest BCUT2D eigenvalue weighted by Gasteiger charge is -2.23. The van der Waals surface area contributed by atoms with Gasteiger partial charge in [-0.15, -0.1) is 0 Å². The Hall–Kier alpha value is -4.44. The van der Waals surface area contributed by atoms with E-state index in [2.05, 4.69) is 18.5 Å². The molecule has 0 aliphatic carbocycles. The molecule has 1 aromatic heterocycles. The number of carbonyl (C=O) groups excluding carboxylic acids is 3. The maximum absolute atomic E-state index is 13.5. The predicted octanol–water partition coefficient (Wildman–Crippen LogP) is 6.00. The first kappa shape index (κ1) is 29.5. The van der Waals surface area contributed by atoms with Crippen molar-refractivity contribution in [2.75, 3.05) is 24.7 Å². The number of aryl methyl sites for hydroxylation is 1. The summed E-state index contributed by atoms with van der Waals surface area (Å²) in [6.07, 6.45) is 3.35. The normalized spacial score (nSPS) is 16.1. The minimum Gasteiger partial charge on any atom is -0.507 e. The molecule has 2 aromatic carbocycles. The second-order valence-electron chi connectivity index (χ2n) is 9.20. The van der Waals surface area contributed by atoms with Gasteiger partial charge < -0.3 is 19.3 Å². The van der Waals surface area contributed by atoms with Gasteiger partial charge in [0.25, 0.3) is 5.78 Å². The number of ether oxygens (including phenoxy) is 3. The second kappa shape index (κ2) is 13.3. The van der Waals surface area contributed by atoms with Crippen molar-refractivity contribution in [1.29, 1.82) is 0 Å². The van der Waals surface area contributed by atoms with Gasteiger partial charge in [-0.2, -0.15) is 0 Å². The van der Waals surface area contributed by atoms with Gasteiger partial charge in [0.05, 0.1) is 30.5 Å². The van der Waals surface area contributed by atoms with Crippen molar-refractivity contribution in [2.24, 2.45) is 0 Å². The number of unbranched alkanes of at least 4 members (excludes halogenated alkanes) is 1. The van der Waals surface area contributed by atoms with Gasteiger partial charge in [0, 0.05) is 5.56 Å². The van der Waals surface area contributed by atoms with Crippen LogP contribution >= 0.6 is 11.3 Å². The molecule has 10 heteroatoms. The van der Waals surface area contributed by atoms with E-state index >= 15 is 0 Å². The Balaban J connectivity index is 1.83. The highest BCUT2D eigenvalue weighted by Gasteiger charge is 2.48. The highest BCUT2D eigenvalue weighted by atomic mass is 32.1. The fourth-order valence-corrected chi connectivity index (χ4v) is 5.34. The first-order chi connectivity index (χ1) is 19.8. The number of aliphatic hydroxyl groups is 1. The Labute approximate surface area is 242 Å². The lowest BCUT2D eigenvalue weighted by Crippen LogP contribution is -2.29. The van der Waals surface area contributed by atoms with E-state index < -0.39 is 23.7 Å². The van der Waals surface area contributed by atoms with Gasteiger partial charge in [0.2, 0.25) is 0 Å². The molecule has 41 heavy (non-hydrogen) atoms. The number of carbonyl (C=O) groups is 3. The average Bonchev–Trinajstić information content (AvgIpc) is 3.48. The number of benzene rings is 2. The van der Waals surface area contributed by atoms with Crippen molar-refractivity contribution >= 4 is 39.9 Å². The molecule has 214 valence electrons. The molecule has 0 bridgehead atoms. The number of esters is 1. The fourth-order valence-electron chi connectivity index (χ4n) is 4.36. The van der Waals surface area contributed by atoms with Crippen LogP contribution in [0, 0.1) is 6.92 Å². The summed E-state index contributed by atoms with van der Waals surface area (Å²) in [5.41, 5.74) is 1.12. The van der Waals surface area contributed by atoms with Crippen molar-refractivity contribution in [2.45, 2.75) is 39.7 Å². The number of aliphatic hydroxyl groups excluding tert-OH is 1. The van der Waals surface area contributed by atoms with Crippen LogP contribution in [0.4, 0.5) is 5.13 Å². The number of thiazole rings is 1. The van der Waals surface area contributed by atoms with Crippen LogP contribution in [0.1, 0.15) is 59.2 Å². The second-order valence-corrected chi connectivity index (χ2v) is 10.2. The molecule has 2 heterocycles. The van der Waals surface area contributed by atoms with Crippen molar-refractivity contribution in [3.63, 3.8) is 0 Å². The number of anilines is 1. The molecule has 0 radical (unpaired) electrons. The van der Waals surface area contributed by atoms with Crippen LogP contribution in [-0.2, 0) is 14.3 Å². The van der Waals surface area contributed by atoms with Gasteiger partial charge in [0.15, 0.2) is 5.13 Å². The van der Waals surface area contributed by atoms with Gasteiger partial charge in [-0.25, -0.2) is 9.78 Å². The third-order valence-electron chi connectivity index (χ3n) is 6.33. The Morgan fingerprint density at radius 2 is 1.88 bits per heavy atom. The number of rotatable bonds is 12. The molecule has 0 spiro atoms. The van der Waals surface area contributed by atoms with Crippen LogP contribution in [0.2, 0.25) is 0 Å². The van der Waals surface area contributed by atoms with Crippen molar-refractivity contribution in [1.82, 2.24) is 4.98 Å². The van der Waals surface area contributed by atoms with Gasteiger partial charge in [0.1, 0.15) is 28.7 Å². The van der Waals surface area contributed by atoms with Gasteiger partial charge in [-0.05, 0) is 50.1 Å². The molecule has 1 fully saturated rings. The van der Waals surface area contributed by atoms with Crippen LogP contribution < -0.4 is 14.4 Å². The smallest absolute Gasteiger partial charge is 0.350 e. The summed E-state index contributed by atoms with van der Waals surface area (Å²) in [5.74, 6) is -1.56. The molecule has 1 aliphatic heterocycles. The summed E-state index contributed by atoms with van der Waals surface area (Å²) in [7, 11) is 0. The molecule has 1 amide bonds. The van der Waals surface area contributed by atoms with Crippen LogP contribution in [0.15, 0.2) is 66.8 Å². The average molecular weight is 577 g/mol. The van der Waals surface area contributed by atoms with Gasteiger partial charge in [-0.3, -0.25) is 14.5 Å². The van der Waals surface area contributed by atoms with E-state index in [4.69, 9.17) is 14.2 Å². The van der Waals surface area contributed by atoms with Crippen molar-refractivity contribution in [3.8, 4) is 11.5 Å². The molecule has 1 aliphatic rings. The summed E-state index contributed by atoms with van der Waals surface area (Å²) < 4.78 is 16.5. The quantitative estimate of drug-likeness (QED) is 0.0697. The van der Waals surface area contributed by atoms with Crippen LogP contribution in [0.3, 0.4) is 0 Å². The van der Waals surface area contributed by atoms with Crippen molar-refractivity contribution < 1.29 is 33.7 Å². The highest BCUT2D eigenvalue weighted by Crippen LogP contribution is 2.44.